The van der Waals surface area contributed by atoms with Gasteiger partial charge in [0.15, 0.2) is 0 Å². The van der Waals surface area contributed by atoms with E-state index in [0.717, 1.165) is 30.9 Å². The van der Waals surface area contributed by atoms with Crippen molar-refractivity contribution in [2.45, 2.75) is 39.5 Å². The highest BCUT2D eigenvalue weighted by atomic mass is 16.5. The zero-order valence-corrected chi connectivity index (χ0v) is 10.9. The second-order valence-corrected chi connectivity index (χ2v) is 4.10. The number of hydrogen-bond donors (Lipinski definition) is 1. The van der Waals surface area contributed by atoms with Gasteiger partial charge in [-0.3, -0.25) is 0 Å². The van der Waals surface area contributed by atoms with Crippen molar-refractivity contribution in [3.05, 3.63) is 18.2 Å². The smallest absolute Gasteiger partial charge is 0.145 e. The van der Waals surface area contributed by atoms with E-state index in [9.17, 15) is 0 Å². The molecule has 3 nitrogen and oxygen atoms in total. The molecule has 0 aliphatic carbocycles. The van der Waals surface area contributed by atoms with Gasteiger partial charge >= 0.3 is 0 Å². The van der Waals surface area contributed by atoms with E-state index in [-0.39, 0.29) is 0 Å². The first-order valence-corrected chi connectivity index (χ1v) is 6.43. The number of nitrogens with two attached hydrogens (primary N) is 1. The van der Waals surface area contributed by atoms with Gasteiger partial charge in [-0.05, 0) is 25.0 Å². The Bertz CT molecular complexity index is 326. The average Bonchev–Trinajstić information content (AvgIpc) is 2.35. The summed E-state index contributed by atoms with van der Waals surface area (Å²) in [7, 11) is 0. The molecule has 0 amide bonds. The summed E-state index contributed by atoms with van der Waals surface area (Å²) in [6, 6.07) is 5.59. The van der Waals surface area contributed by atoms with E-state index >= 15 is 0 Å². The largest absolute Gasteiger partial charge is 0.493 e. The molecule has 0 unspecified atom stereocenters. The van der Waals surface area contributed by atoms with Gasteiger partial charge < -0.3 is 15.2 Å². The van der Waals surface area contributed by atoms with E-state index in [2.05, 4.69) is 13.8 Å². The molecule has 0 spiro atoms. The molecule has 1 rings (SSSR count). The van der Waals surface area contributed by atoms with Crippen LogP contribution in [0.4, 0.5) is 5.69 Å². The standard InChI is InChI=1S/C14H23NO2/c1-3-5-6-10-16-12-7-8-13(15)14(11-12)17-9-4-2/h7-8,11H,3-6,9-10,15H2,1-2H3. The van der Waals surface area contributed by atoms with Crippen LogP contribution in [0.2, 0.25) is 0 Å². The highest BCUT2D eigenvalue weighted by molar-refractivity contribution is 5.55. The van der Waals surface area contributed by atoms with Crippen LogP contribution < -0.4 is 15.2 Å². The van der Waals surface area contributed by atoms with Crippen molar-refractivity contribution in [3.8, 4) is 11.5 Å². The monoisotopic (exact) mass is 237 g/mol. The number of hydrogen-bond acceptors (Lipinski definition) is 3. The fourth-order valence-electron chi connectivity index (χ4n) is 1.48. The maximum atomic E-state index is 5.83. The number of nitrogen functional groups attached to an aromatic ring is 1. The molecule has 0 atom stereocenters. The maximum absolute atomic E-state index is 5.83. The first-order valence-electron chi connectivity index (χ1n) is 6.43. The van der Waals surface area contributed by atoms with E-state index in [1.54, 1.807) is 0 Å². The topological polar surface area (TPSA) is 44.5 Å². The van der Waals surface area contributed by atoms with Crippen molar-refractivity contribution in [1.29, 1.82) is 0 Å². The number of unbranched alkanes of at least 4 members (excludes halogenated alkanes) is 2. The second kappa shape index (κ2) is 7.82. The Labute approximate surface area is 104 Å². The summed E-state index contributed by atoms with van der Waals surface area (Å²) in [5, 5.41) is 0. The molecule has 1 aromatic carbocycles. The molecule has 1 aromatic rings. The summed E-state index contributed by atoms with van der Waals surface area (Å²) in [4.78, 5) is 0. The maximum Gasteiger partial charge on any atom is 0.145 e. The fourth-order valence-corrected chi connectivity index (χ4v) is 1.48. The molecule has 17 heavy (non-hydrogen) atoms. The van der Waals surface area contributed by atoms with Crippen LogP contribution in [0.3, 0.4) is 0 Å². The van der Waals surface area contributed by atoms with Gasteiger partial charge in [0.2, 0.25) is 0 Å². The summed E-state index contributed by atoms with van der Waals surface area (Å²) in [6.07, 6.45) is 4.47. The van der Waals surface area contributed by atoms with Crippen molar-refractivity contribution in [3.63, 3.8) is 0 Å². The Morgan fingerprint density at radius 2 is 1.82 bits per heavy atom. The molecule has 0 bridgehead atoms. The van der Waals surface area contributed by atoms with Crippen LogP contribution in [0.15, 0.2) is 18.2 Å². The van der Waals surface area contributed by atoms with E-state index < -0.39 is 0 Å². The molecule has 3 heteroatoms. The Kier molecular flexibility index (Phi) is 6.30. The van der Waals surface area contributed by atoms with Gasteiger partial charge in [0, 0.05) is 6.07 Å². The lowest BCUT2D eigenvalue weighted by Gasteiger charge is -2.11. The first kappa shape index (κ1) is 13.7. The summed E-state index contributed by atoms with van der Waals surface area (Å²) < 4.78 is 11.2. The van der Waals surface area contributed by atoms with Crippen LogP contribution in [-0.4, -0.2) is 13.2 Å². The Balaban J connectivity index is 2.49. The first-order chi connectivity index (χ1) is 8.27. The lowest BCUT2D eigenvalue weighted by molar-refractivity contribution is 0.296. The molecule has 0 aromatic heterocycles. The predicted octanol–water partition coefficient (Wildman–Crippen LogP) is 3.63. The molecule has 0 heterocycles. The molecular weight excluding hydrogens is 214 g/mol. The minimum atomic E-state index is 0.666. The summed E-state index contributed by atoms with van der Waals surface area (Å²) in [5.41, 5.74) is 6.49. The number of anilines is 1. The fraction of sp³-hybridized carbons (Fsp3) is 0.571. The molecule has 0 saturated heterocycles. The van der Waals surface area contributed by atoms with Gasteiger partial charge in [0.25, 0.3) is 0 Å². The zero-order valence-electron chi connectivity index (χ0n) is 10.9. The van der Waals surface area contributed by atoms with Crippen molar-refractivity contribution in [1.82, 2.24) is 0 Å². The van der Waals surface area contributed by atoms with Gasteiger partial charge in [0.1, 0.15) is 11.5 Å². The molecule has 0 aliphatic rings. The Morgan fingerprint density at radius 3 is 2.53 bits per heavy atom. The lowest BCUT2D eigenvalue weighted by atomic mass is 10.2. The molecule has 0 radical (unpaired) electrons. The highest BCUT2D eigenvalue weighted by Gasteiger charge is 2.02. The van der Waals surface area contributed by atoms with Crippen LogP contribution in [-0.2, 0) is 0 Å². The van der Waals surface area contributed by atoms with E-state index in [1.165, 1.54) is 12.8 Å². The quantitative estimate of drug-likeness (QED) is 0.554. The number of ether oxygens (including phenoxy) is 2. The third-order valence-corrected chi connectivity index (χ3v) is 2.46. The van der Waals surface area contributed by atoms with Crippen LogP contribution in [0, 0.1) is 0 Å². The van der Waals surface area contributed by atoms with Crippen molar-refractivity contribution >= 4 is 5.69 Å². The lowest BCUT2D eigenvalue weighted by Crippen LogP contribution is -2.01. The van der Waals surface area contributed by atoms with Crippen molar-refractivity contribution in [2.24, 2.45) is 0 Å². The normalized spacial score (nSPS) is 10.2. The second-order valence-electron chi connectivity index (χ2n) is 4.10. The van der Waals surface area contributed by atoms with E-state index in [4.69, 9.17) is 15.2 Å². The summed E-state index contributed by atoms with van der Waals surface area (Å²) in [5.74, 6) is 1.56. The Hall–Kier alpha value is -1.38. The summed E-state index contributed by atoms with van der Waals surface area (Å²) >= 11 is 0. The molecule has 2 N–H and O–H groups in total. The van der Waals surface area contributed by atoms with Gasteiger partial charge in [-0.15, -0.1) is 0 Å². The van der Waals surface area contributed by atoms with E-state index in [0.29, 0.717) is 12.3 Å². The van der Waals surface area contributed by atoms with Crippen molar-refractivity contribution < 1.29 is 9.47 Å². The van der Waals surface area contributed by atoms with Crippen LogP contribution in [0.5, 0.6) is 11.5 Å². The number of rotatable bonds is 8. The van der Waals surface area contributed by atoms with Gasteiger partial charge in [-0.2, -0.15) is 0 Å². The molecule has 96 valence electrons. The van der Waals surface area contributed by atoms with Gasteiger partial charge in [0.05, 0.1) is 18.9 Å². The molecule has 0 saturated carbocycles. The Morgan fingerprint density at radius 1 is 1.00 bits per heavy atom. The molecular formula is C14H23NO2. The van der Waals surface area contributed by atoms with Crippen LogP contribution in [0.25, 0.3) is 0 Å². The van der Waals surface area contributed by atoms with Crippen molar-refractivity contribution in [2.75, 3.05) is 18.9 Å². The minimum absolute atomic E-state index is 0.666. The minimum Gasteiger partial charge on any atom is -0.493 e. The average molecular weight is 237 g/mol. The molecule has 0 aliphatic heterocycles. The third kappa shape index (κ3) is 4.98. The van der Waals surface area contributed by atoms with E-state index in [1.807, 2.05) is 18.2 Å². The van der Waals surface area contributed by atoms with Crippen LogP contribution >= 0.6 is 0 Å². The third-order valence-electron chi connectivity index (χ3n) is 2.46. The zero-order chi connectivity index (χ0) is 12.5. The predicted molar refractivity (Wildman–Crippen MR) is 71.7 cm³/mol. The van der Waals surface area contributed by atoms with Crippen LogP contribution in [0.1, 0.15) is 39.5 Å². The van der Waals surface area contributed by atoms with Gasteiger partial charge in [-0.1, -0.05) is 26.7 Å². The van der Waals surface area contributed by atoms with Gasteiger partial charge in [-0.25, -0.2) is 0 Å². The SMILES string of the molecule is CCCCCOc1ccc(N)c(OCCC)c1. The summed E-state index contributed by atoms with van der Waals surface area (Å²) in [6.45, 7) is 5.69. The number of benzene rings is 1. The highest BCUT2D eigenvalue weighted by Crippen LogP contribution is 2.27. The molecule has 0 fully saturated rings.